The fraction of sp³-hybridized carbons (Fsp3) is 0.471. The summed E-state index contributed by atoms with van der Waals surface area (Å²) in [7, 11) is -1.11. The van der Waals surface area contributed by atoms with E-state index in [9.17, 15) is 9.59 Å². The van der Waals surface area contributed by atoms with Gasteiger partial charge in [-0.25, -0.2) is 9.78 Å². The van der Waals surface area contributed by atoms with Gasteiger partial charge in [0, 0.05) is 33.3 Å². The highest BCUT2D eigenvalue weighted by Gasteiger charge is 2.24. The number of nitrogens with one attached hydrogen (secondary N) is 1. The van der Waals surface area contributed by atoms with E-state index in [1.165, 1.54) is 0 Å². The van der Waals surface area contributed by atoms with Gasteiger partial charge in [-0.3, -0.25) is 15.0 Å². The van der Waals surface area contributed by atoms with Crippen LogP contribution in [0.25, 0.3) is 11.0 Å². The average Bonchev–Trinajstić information content (AvgIpc) is 2.93. The van der Waals surface area contributed by atoms with E-state index in [1.807, 2.05) is 22.8 Å². The highest BCUT2D eigenvalue weighted by atomic mass is 28.3. The molecule has 0 atom stereocenters. The number of carbonyl (C=O) groups excluding carboxylic acids is 2. The number of imide groups is 1. The highest BCUT2D eigenvalue weighted by molar-refractivity contribution is 6.76. The average molecular weight is 360 g/mol. The van der Waals surface area contributed by atoms with Gasteiger partial charge in [0.25, 0.3) is 0 Å². The number of hydrogen-bond acceptors (Lipinski definition) is 4. The Labute approximate surface area is 148 Å². The topological polar surface area (TPSA) is 76.5 Å². The molecule has 1 aliphatic heterocycles. The molecule has 7 nitrogen and oxygen atoms in total. The van der Waals surface area contributed by atoms with E-state index in [0.717, 1.165) is 29.4 Å². The van der Waals surface area contributed by atoms with Crippen LogP contribution in [-0.2, 0) is 16.3 Å². The summed E-state index contributed by atoms with van der Waals surface area (Å²) in [6.07, 6.45) is 2.06. The Morgan fingerprint density at radius 1 is 1.28 bits per heavy atom. The van der Waals surface area contributed by atoms with Gasteiger partial charge in [-0.15, -0.1) is 0 Å². The van der Waals surface area contributed by atoms with Gasteiger partial charge < -0.3 is 9.30 Å². The quantitative estimate of drug-likeness (QED) is 0.635. The largest absolute Gasteiger partial charge is 0.361 e. The molecule has 1 aliphatic rings. The van der Waals surface area contributed by atoms with Crippen LogP contribution in [0, 0.1) is 0 Å². The number of hydrogen-bond donors (Lipinski definition) is 1. The Balaban J connectivity index is 1.73. The predicted octanol–water partition coefficient (Wildman–Crippen LogP) is 2.79. The number of imidazole rings is 1. The van der Waals surface area contributed by atoms with Crippen LogP contribution in [0.15, 0.2) is 24.5 Å². The lowest BCUT2D eigenvalue weighted by Gasteiger charge is -2.26. The summed E-state index contributed by atoms with van der Waals surface area (Å²) in [6, 6.07) is 6.38. The van der Waals surface area contributed by atoms with Crippen LogP contribution < -0.4 is 10.2 Å². The van der Waals surface area contributed by atoms with Gasteiger partial charge in [0.2, 0.25) is 5.91 Å². The fourth-order valence-corrected chi connectivity index (χ4v) is 3.42. The molecule has 8 heteroatoms. The zero-order valence-corrected chi connectivity index (χ0v) is 15.9. The van der Waals surface area contributed by atoms with Crippen molar-refractivity contribution in [2.75, 3.05) is 18.1 Å². The summed E-state index contributed by atoms with van der Waals surface area (Å²) in [5, 5.41) is 2.35. The highest BCUT2D eigenvalue weighted by Crippen LogP contribution is 2.23. The molecule has 25 heavy (non-hydrogen) atoms. The molecule has 0 spiro atoms. The second-order valence-electron chi connectivity index (χ2n) is 7.49. The molecule has 0 radical (unpaired) electrons. The van der Waals surface area contributed by atoms with E-state index in [2.05, 4.69) is 29.9 Å². The van der Waals surface area contributed by atoms with Crippen molar-refractivity contribution in [3.63, 3.8) is 0 Å². The Hall–Kier alpha value is -2.19. The van der Waals surface area contributed by atoms with Gasteiger partial charge in [-0.2, -0.15) is 0 Å². The predicted molar refractivity (Wildman–Crippen MR) is 99.3 cm³/mol. The fourth-order valence-electron chi connectivity index (χ4n) is 2.67. The third-order valence-corrected chi connectivity index (χ3v) is 5.90. The van der Waals surface area contributed by atoms with Gasteiger partial charge in [-0.05, 0) is 24.2 Å². The van der Waals surface area contributed by atoms with E-state index in [1.54, 1.807) is 11.2 Å². The van der Waals surface area contributed by atoms with E-state index in [-0.39, 0.29) is 11.9 Å². The summed E-state index contributed by atoms with van der Waals surface area (Å²) in [4.78, 5) is 29.3. The molecule has 1 aromatic heterocycles. The van der Waals surface area contributed by atoms with Crippen LogP contribution in [-0.4, -0.2) is 42.7 Å². The van der Waals surface area contributed by atoms with Gasteiger partial charge in [0.15, 0.2) is 0 Å². The number of fused-ring (bicyclic) bond motifs is 1. The minimum Gasteiger partial charge on any atom is -0.361 e. The summed E-state index contributed by atoms with van der Waals surface area (Å²) < 4.78 is 7.74. The standard InChI is InChI=1S/C17H24N4O3Si/c1-25(2,3)9-8-24-12-20-11-18-14-5-4-13(10-15(14)20)21-7-6-16(22)19-17(21)23/h4-5,10-11H,6-9,12H2,1-3H3,(H,19,22,23). The maximum Gasteiger partial charge on any atom is 0.328 e. The van der Waals surface area contributed by atoms with E-state index < -0.39 is 8.07 Å². The maximum atomic E-state index is 12.0. The van der Waals surface area contributed by atoms with Crippen molar-refractivity contribution in [2.24, 2.45) is 0 Å². The molecule has 0 saturated carbocycles. The monoisotopic (exact) mass is 360 g/mol. The molecule has 0 aliphatic carbocycles. The summed E-state index contributed by atoms with van der Waals surface area (Å²) >= 11 is 0. The molecule has 0 bridgehead atoms. The van der Waals surface area contributed by atoms with Gasteiger partial charge in [-0.1, -0.05) is 19.6 Å². The van der Waals surface area contributed by atoms with Crippen LogP contribution in [0.4, 0.5) is 10.5 Å². The SMILES string of the molecule is C[Si](C)(C)CCOCn1cnc2ccc(N3CCC(=O)NC3=O)cc21. The van der Waals surface area contributed by atoms with E-state index in [4.69, 9.17) is 4.74 Å². The summed E-state index contributed by atoms with van der Waals surface area (Å²) in [6.45, 7) is 8.54. The minimum atomic E-state index is -1.11. The first-order chi connectivity index (χ1) is 11.8. The number of urea groups is 1. The third kappa shape index (κ3) is 4.26. The van der Waals surface area contributed by atoms with Crippen LogP contribution in [0.3, 0.4) is 0 Å². The van der Waals surface area contributed by atoms with Crippen molar-refractivity contribution in [3.8, 4) is 0 Å². The lowest BCUT2D eigenvalue weighted by atomic mass is 10.2. The van der Waals surface area contributed by atoms with Crippen molar-refractivity contribution in [3.05, 3.63) is 24.5 Å². The van der Waals surface area contributed by atoms with Crippen LogP contribution in [0.1, 0.15) is 6.42 Å². The third-order valence-electron chi connectivity index (χ3n) is 4.20. The van der Waals surface area contributed by atoms with Crippen molar-refractivity contribution in [1.29, 1.82) is 0 Å². The molecule has 1 saturated heterocycles. The number of ether oxygens (including phenoxy) is 1. The van der Waals surface area contributed by atoms with Crippen molar-refractivity contribution in [2.45, 2.75) is 38.8 Å². The molecule has 3 amide bonds. The van der Waals surface area contributed by atoms with Gasteiger partial charge in [0.1, 0.15) is 6.73 Å². The first-order valence-electron chi connectivity index (χ1n) is 8.47. The molecular formula is C17H24N4O3Si. The number of nitrogens with zero attached hydrogens (tertiary/aromatic N) is 3. The second-order valence-corrected chi connectivity index (χ2v) is 13.1. The molecule has 134 valence electrons. The number of amides is 3. The van der Waals surface area contributed by atoms with Gasteiger partial charge in [0.05, 0.1) is 17.4 Å². The zero-order chi connectivity index (χ0) is 18.0. The van der Waals surface area contributed by atoms with Crippen molar-refractivity contribution < 1.29 is 14.3 Å². The number of benzene rings is 1. The Kier molecular flexibility index (Phi) is 4.91. The van der Waals surface area contributed by atoms with Crippen LogP contribution in [0.5, 0.6) is 0 Å². The molecule has 3 rings (SSSR count). The molecular weight excluding hydrogens is 336 g/mol. The smallest absolute Gasteiger partial charge is 0.328 e. The number of rotatable bonds is 6. The van der Waals surface area contributed by atoms with E-state index >= 15 is 0 Å². The molecule has 2 aromatic rings. The lowest BCUT2D eigenvalue weighted by molar-refractivity contribution is -0.120. The molecule has 1 aromatic carbocycles. The molecule has 1 N–H and O–H groups in total. The Morgan fingerprint density at radius 2 is 2.08 bits per heavy atom. The Morgan fingerprint density at radius 3 is 2.80 bits per heavy atom. The Bertz CT molecular complexity index is 797. The van der Waals surface area contributed by atoms with Crippen LogP contribution >= 0.6 is 0 Å². The number of anilines is 1. The summed E-state index contributed by atoms with van der Waals surface area (Å²) in [5.41, 5.74) is 2.52. The normalized spacial score (nSPS) is 15.7. The number of aromatic nitrogens is 2. The van der Waals surface area contributed by atoms with Crippen molar-refractivity contribution in [1.82, 2.24) is 14.9 Å². The first-order valence-corrected chi connectivity index (χ1v) is 12.2. The van der Waals surface area contributed by atoms with Gasteiger partial charge >= 0.3 is 6.03 Å². The number of carbonyl (C=O) groups is 2. The molecule has 0 unspecified atom stereocenters. The van der Waals surface area contributed by atoms with Crippen LogP contribution in [0.2, 0.25) is 25.7 Å². The maximum absolute atomic E-state index is 12.0. The zero-order valence-electron chi connectivity index (χ0n) is 14.9. The second kappa shape index (κ2) is 6.97. The molecule has 2 heterocycles. The first kappa shape index (κ1) is 17.6. The van der Waals surface area contributed by atoms with E-state index in [0.29, 0.717) is 19.7 Å². The minimum absolute atomic E-state index is 0.233. The lowest BCUT2D eigenvalue weighted by Crippen LogP contribution is -2.49. The van der Waals surface area contributed by atoms with Crippen molar-refractivity contribution >= 4 is 36.7 Å². The summed E-state index contributed by atoms with van der Waals surface area (Å²) in [5.74, 6) is -0.233. The molecule has 1 fully saturated rings.